The molecule has 8 heteroatoms. The monoisotopic (exact) mass is 400 g/mol. The van der Waals surface area contributed by atoms with Crippen molar-refractivity contribution in [2.24, 2.45) is 0 Å². The fourth-order valence-electron chi connectivity index (χ4n) is 2.33. The first-order valence-corrected chi connectivity index (χ1v) is 9.24. The van der Waals surface area contributed by atoms with Gasteiger partial charge in [0.05, 0.1) is 10.7 Å². The van der Waals surface area contributed by atoms with Gasteiger partial charge in [-0.25, -0.2) is 14.2 Å². The van der Waals surface area contributed by atoms with Crippen molar-refractivity contribution in [2.45, 2.75) is 13.5 Å². The molecule has 0 spiro atoms. The third-order valence-corrected chi connectivity index (χ3v) is 4.43. The summed E-state index contributed by atoms with van der Waals surface area (Å²) < 4.78 is 23.6. The first-order chi connectivity index (χ1) is 13.5. The maximum absolute atomic E-state index is 12.9. The molecule has 0 aliphatic heterocycles. The Balaban J connectivity index is 1.56. The molecule has 0 fully saturated rings. The van der Waals surface area contributed by atoms with Gasteiger partial charge in [-0.3, -0.25) is 4.79 Å². The quantitative estimate of drug-likeness (QED) is 0.608. The lowest BCUT2D eigenvalue weighted by Gasteiger charge is -2.11. The lowest BCUT2D eigenvalue weighted by molar-refractivity contribution is -0.119. The molecule has 1 amide bonds. The van der Waals surface area contributed by atoms with Gasteiger partial charge < -0.3 is 14.8 Å². The second-order valence-corrected chi connectivity index (χ2v) is 6.84. The zero-order valence-electron chi connectivity index (χ0n) is 15.0. The Labute approximate surface area is 164 Å². The van der Waals surface area contributed by atoms with Crippen LogP contribution in [0.3, 0.4) is 0 Å². The number of rotatable bonds is 7. The molecule has 0 aliphatic carbocycles. The highest BCUT2D eigenvalue weighted by Gasteiger charge is 2.16. The van der Waals surface area contributed by atoms with Gasteiger partial charge in [-0.15, -0.1) is 11.3 Å². The molecule has 0 radical (unpaired) electrons. The van der Waals surface area contributed by atoms with Crippen LogP contribution in [0, 0.1) is 12.7 Å². The molecule has 6 nitrogen and oxygen atoms in total. The molecule has 3 aromatic rings. The van der Waals surface area contributed by atoms with E-state index in [1.165, 1.54) is 35.6 Å². The fourth-order valence-corrected chi connectivity index (χ4v) is 2.92. The largest absolute Gasteiger partial charge is 0.486 e. The number of hydrogen-bond acceptors (Lipinski definition) is 6. The van der Waals surface area contributed by atoms with Gasteiger partial charge in [0.2, 0.25) is 0 Å². The van der Waals surface area contributed by atoms with Crippen molar-refractivity contribution in [1.29, 1.82) is 0 Å². The molecule has 0 bridgehead atoms. The van der Waals surface area contributed by atoms with Crippen LogP contribution in [0.25, 0.3) is 0 Å². The minimum Gasteiger partial charge on any atom is -0.486 e. The fraction of sp³-hybridized carbons (Fsp3) is 0.150. The van der Waals surface area contributed by atoms with E-state index in [0.29, 0.717) is 11.4 Å². The summed E-state index contributed by atoms with van der Waals surface area (Å²) in [5.41, 5.74) is 1.39. The summed E-state index contributed by atoms with van der Waals surface area (Å²) in [6, 6.07) is 11.9. The van der Waals surface area contributed by atoms with Crippen molar-refractivity contribution in [3.63, 3.8) is 0 Å². The summed E-state index contributed by atoms with van der Waals surface area (Å²) in [4.78, 5) is 28.6. The van der Waals surface area contributed by atoms with Crippen molar-refractivity contribution in [3.8, 4) is 5.75 Å². The number of aryl methyl sites for hydroxylation is 1. The van der Waals surface area contributed by atoms with Gasteiger partial charge in [-0.1, -0.05) is 12.1 Å². The molecule has 0 aliphatic rings. The molecule has 0 saturated heterocycles. The number of carbonyl (C=O) groups is 2. The molecule has 0 saturated carbocycles. The third kappa shape index (κ3) is 5.37. The van der Waals surface area contributed by atoms with Crippen molar-refractivity contribution < 1.29 is 23.5 Å². The number of thiazole rings is 1. The van der Waals surface area contributed by atoms with Gasteiger partial charge in [0.25, 0.3) is 5.91 Å². The Bertz CT molecular complexity index is 972. The van der Waals surface area contributed by atoms with Crippen LogP contribution in [0.15, 0.2) is 53.9 Å². The molecule has 3 rings (SSSR count). The maximum atomic E-state index is 12.9. The number of esters is 1. The first-order valence-electron chi connectivity index (χ1n) is 8.36. The lowest BCUT2D eigenvalue weighted by atomic mass is 10.2. The second-order valence-electron chi connectivity index (χ2n) is 5.77. The maximum Gasteiger partial charge on any atom is 0.342 e. The Morgan fingerprint density at radius 2 is 1.89 bits per heavy atom. The van der Waals surface area contributed by atoms with E-state index in [1.54, 1.807) is 24.3 Å². The van der Waals surface area contributed by atoms with Crippen molar-refractivity contribution in [2.75, 3.05) is 11.9 Å². The number of carbonyl (C=O) groups excluding carboxylic acids is 2. The predicted molar refractivity (Wildman–Crippen MR) is 103 cm³/mol. The van der Waals surface area contributed by atoms with Crippen LogP contribution in [0.2, 0.25) is 0 Å². The van der Waals surface area contributed by atoms with Gasteiger partial charge in [-0.05, 0) is 43.3 Å². The van der Waals surface area contributed by atoms with Crippen LogP contribution in [-0.2, 0) is 16.1 Å². The van der Waals surface area contributed by atoms with Crippen molar-refractivity contribution in [1.82, 2.24) is 4.98 Å². The van der Waals surface area contributed by atoms with E-state index >= 15 is 0 Å². The summed E-state index contributed by atoms with van der Waals surface area (Å²) in [5.74, 6) is -1.28. The highest BCUT2D eigenvalue weighted by atomic mass is 32.1. The molecule has 28 heavy (non-hydrogen) atoms. The van der Waals surface area contributed by atoms with Gasteiger partial charge in [-0.2, -0.15) is 0 Å². The van der Waals surface area contributed by atoms with Crippen LogP contribution < -0.4 is 10.1 Å². The number of para-hydroxylation sites is 1. The summed E-state index contributed by atoms with van der Waals surface area (Å²) in [6.45, 7) is 1.64. The molecule has 1 aromatic heterocycles. The average molecular weight is 400 g/mol. The van der Waals surface area contributed by atoms with Gasteiger partial charge in [0.15, 0.2) is 6.61 Å². The number of ether oxygens (including phenoxy) is 2. The smallest absolute Gasteiger partial charge is 0.342 e. The topological polar surface area (TPSA) is 77.5 Å². The number of nitrogens with one attached hydrogen (secondary N) is 1. The Morgan fingerprint density at radius 1 is 1.14 bits per heavy atom. The van der Waals surface area contributed by atoms with Gasteiger partial charge in [0, 0.05) is 11.1 Å². The number of benzene rings is 2. The summed E-state index contributed by atoms with van der Waals surface area (Å²) >= 11 is 1.51. The summed E-state index contributed by atoms with van der Waals surface area (Å²) in [6.07, 6.45) is 0. The van der Waals surface area contributed by atoms with E-state index < -0.39 is 24.3 Å². The molecule has 0 atom stereocenters. The zero-order chi connectivity index (χ0) is 19.9. The molecular formula is C20H17FN2O4S. The Morgan fingerprint density at radius 3 is 2.61 bits per heavy atom. The summed E-state index contributed by atoms with van der Waals surface area (Å²) in [5, 5.41) is 5.33. The van der Waals surface area contributed by atoms with Crippen LogP contribution in [0.4, 0.5) is 10.1 Å². The van der Waals surface area contributed by atoms with E-state index in [-0.39, 0.29) is 12.2 Å². The van der Waals surface area contributed by atoms with Crippen LogP contribution in [0.1, 0.15) is 21.1 Å². The van der Waals surface area contributed by atoms with E-state index in [0.717, 1.165) is 10.7 Å². The second kappa shape index (κ2) is 9.09. The average Bonchev–Trinajstić information content (AvgIpc) is 3.12. The standard InChI is InChI=1S/C20H17FN2O4S/c1-13-22-16(12-28-13)10-26-18-5-3-2-4-17(18)20(25)27-11-19(24)23-15-8-6-14(21)7-9-15/h2-9,12H,10-11H2,1H3,(H,23,24). The highest BCUT2D eigenvalue weighted by Crippen LogP contribution is 2.21. The minimum absolute atomic E-state index is 0.212. The first kappa shape index (κ1) is 19.5. The van der Waals surface area contributed by atoms with E-state index in [4.69, 9.17) is 9.47 Å². The zero-order valence-corrected chi connectivity index (χ0v) is 15.8. The lowest BCUT2D eigenvalue weighted by Crippen LogP contribution is -2.21. The Hall–Kier alpha value is -3.26. The molecule has 1 heterocycles. The van der Waals surface area contributed by atoms with Crippen molar-refractivity contribution >= 4 is 28.9 Å². The number of hydrogen-bond donors (Lipinski definition) is 1. The molecule has 144 valence electrons. The molecule has 0 unspecified atom stereocenters. The van der Waals surface area contributed by atoms with Crippen LogP contribution in [0.5, 0.6) is 5.75 Å². The van der Waals surface area contributed by atoms with E-state index in [1.807, 2.05) is 12.3 Å². The minimum atomic E-state index is -0.681. The SMILES string of the molecule is Cc1nc(COc2ccccc2C(=O)OCC(=O)Nc2ccc(F)cc2)cs1. The van der Waals surface area contributed by atoms with Crippen LogP contribution in [-0.4, -0.2) is 23.5 Å². The van der Waals surface area contributed by atoms with Gasteiger partial charge in [0.1, 0.15) is 23.7 Å². The highest BCUT2D eigenvalue weighted by molar-refractivity contribution is 7.09. The molecule has 2 aromatic carbocycles. The van der Waals surface area contributed by atoms with E-state index in [9.17, 15) is 14.0 Å². The van der Waals surface area contributed by atoms with Crippen molar-refractivity contribution in [3.05, 3.63) is 76.0 Å². The van der Waals surface area contributed by atoms with E-state index in [2.05, 4.69) is 10.3 Å². The van der Waals surface area contributed by atoms with Crippen LogP contribution >= 0.6 is 11.3 Å². The normalized spacial score (nSPS) is 10.4. The molecular weight excluding hydrogens is 383 g/mol. The number of nitrogens with zero attached hydrogens (tertiary/aromatic N) is 1. The third-order valence-electron chi connectivity index (χ3n) is 3.61. The Kier molecular flexibility index (Phi) is 6.33. The number of aromatic nitrogens is 1. The number of amides is 1. The number of halogens is 1. The number of anilines is 1. The van der Waals surface area contributed by atoms with Gasteiger partial charge >= 0.3 is 5.97 Å². The predicted octanol–water partition coefficient (Wildman–Crippen LogP) is 3.97. The molecule has 1 N–H and O–H groups in total. The summed E-state index contributed by atoms with van der Waals surface area (Å²) in [7, 11) is 0.